The summed E-state index contributed by atoms with van der Waals surface area (Å²) in [7, 11) is 0. The average molecular weight is 285 g/mol. The van der Waals surface area contributed by atoms with E-state index in [1.54, 1.807) is 0 Å². The van der Waals surface area contributed by atoms with Crippen molar-refractivity contribution in [1.29, 1.82) is 0 Å². The minimum atomic E-state index is -4.46. The Bertz CT molecular complexity index is 434. The smallest absolute Gasteiger partial charge is 0.411 e. The molecule has 18 heavy (non-hydrogen) atoms. The number of carbonyl (C=O) groups is 1. The van der Waals surface area contributed by atoms with Crippen molar-refractivity contribution in [2.45, 2.75) is 6.18 Å². The predicted octanol–water partition coefficient (Wildman–Crippen LogP) is 2.95. The van der Waals surface area contributed by atoms with Crippen molar-refractivity contribution in [3.63, 3.8) is 0 Å². The normalized spacial score (nSPS) is 11.3. The van der Waals surface area contributed by atoms with Gasteiger partial charge in [-0.15, -0.1) is 0 Å². The molecule has 0 unspecified atom stereocenters. The molecular weight excluding hydrogens is 277 g/mol. The summed E-state index contributed by atoms with van der Waals surface area (Å²) in [6.45, 7) is -2.20. The number of rotatable bonds is 5. The van der Waals surface area contributed by atoms with Gasteiger partial charge in [0.05, 0.1) is 5.02 Å². The fourth-order valence-corrected chi connectivity index (χ4v) is 1.34. The molecule has 0 aliphatic rings. The molecule has 0 heterocycles. The molecule has 0 atom stereocenters. The van der Waals surface area contributed by atoms with Gasteiger partial charge in [-0.1, -0.05) is 17.7 Å². The van der Waals surface area contributed by atoms with Crippen LogP contribution in [0.15, 0.2) is 18.2 Å². The molecule has 0 bridgehead atoms. The van der Waals surface area contributed by atoms with Crippen molar-refractivity contribution < 1.29 is 32.5 Å². The second-order valence-electron chi connectivity index (χ2n) is 3.14. The molecule has 0 spiro atoms. The van der Waals surface area contributed by atoms with Gasteiger partial charge in [0.2, 0.25) is 0 Å². The van der Waals surface area contributed by atoms with Crippen LogP contribution >= 0.6 is 11.6 Å². The second kappa shape index (κ2) is 5.92. The molecule has 0 saturated carbocycles. The number of hydrogen-bond acceptors (Lipinski definition) is 3. The number of alkyl halides is 3. The first-order chi connectivity index (χ1) is 8.31. The minimum Gasteiger partial charge on any atom is -0.478 e. The fraction of sp³-hybridized carbons (Fsp3) is 0.300. The van der Waals surface area contributed by atoms with E-state index in [0.29, 0.717) is 0 Å². The third kappa shape index (κ3) is 4.42. The molecule has 1 aromatic rings. The highest BCUT2D eigenvalue weighted by molar-refractivity contribution is 6.33. The van der Waals surface area contributed by atoms with E-state index in [4.69, 9.17) is 21.4 Å². The first-order valence-electron chi connectivity index (χ1n) is 4.60. The predicted molar refractivity (Wildman–Crippen MR) is 55.9 cm³/mol. The first-order valence-corrected chi connectivity index (χ1v) is 4.98. The van der Waals surface area contributed by atoms with Gasteiger partial charge in [0.25, 0.3) is 0 Å². The zero-order valence-corrected chi connectivity index (χ0v) is 9.59. The van der Waals surface area contributed by atoms with E-state index >= 15 is 0 Å². The molecule has 0 saturated heterocycles. The van der Waals surface area contributed by atoms with E-state index in [1.165, 1.54) is 18.2 Å². The molecule has 1 aromatic carbocycles. The van der Waals surface area contributed by atoms with Gasteiger partial charge in [-0.05, 0) is 12.1 Å². The monoisotopic (exact) mass is 284 g/mol. The number of aromatic carboxylic acids is 1. The quantitative estimate of drug-likeness (QED) is 0.667. The van der Waals surface area contributed by atoms with Crippen LogP contribution in [-0.2, 0) is 4.74 Å². The van der Waals surface area contributed by atoms with E-state index in [0.717, 1.165) is 0 Å². The third-order valence-electron chi connectivity index (χ3n) is 1.75. The van der Waals surface area contributed by atoms with Crippen molar-refractivity contribution in [3.05, 3.63) is 28.8 Å². The number of carboxylic acid groups (broad SMARTS) is 1. The second-order valence-corrected chi connectivity index (χ2v) is 3.55. The van der Waals surface area contributed by atoms with Crippen LogP contribution < -0.4 is 4.74 Å². The molecule has 0 aliphatic heterocycles. The Hall–Kier alpha value is -1.47. The summed E-state index contributed by atoms with van der Waals surface area (Å²) in [4.78, 5) is 10.8. The van der Waals surface area contributed by atoms with Gasteiger partial charge >= 0.3 is 12.1 Å². The Morgan fingerprint density at radius 2 is 2.06 bits per heavy atom. The van der Waals surface area contributed by atoms with Crippen molar-refractivity contribution in [2.75, 3.05) is 13.4 Å². The van der Waals surface area contributed by atoms with Gasteiger partial charge in [0.15, 0.2) is 6.79 Å². The van der Waals surface area contributed by atoms with Crippen LogP contribution in [0.3, 0.4) is 0 Å². The van der Waals surface area contributed by atoms with Gasteiger partial charge in [-0.25, -0.2) is 4.79 Å². The van der Waals surface area contributed by atoms with E-state index in [2.05, 4.69) is 4.74 Å². The lowest BCUT2D eigenvalue weighted by atomic mass is 10.2. The lowest BCUT2D eigenvalue weighted by Gasteiger charge is -2.11. The zero-order chi connectivity index (χ0) is 13.8. The van der Waals surface area contributed by atoms with Crippen LogP contribution in [0.5, 0.6) is 5.75 Å². The van der Waals surface area contributed by atoms with Crippen LogP contribution in [0.25, 0.3) is 0 Å². The van der Waals surface area contributed by atoms with Crippen molar-refractivity contribution in [2.24, 2.45) is 0 Å². The molecule has 0 amide bonds. The average Bonchev–Trinajstić information content (AvgIpc) is 2.22. The Kier molecular flexibility index (Phi) is 4.80. The molecule has 1 N–H and O–H groups in total. The summed E-state index contributed by atoms with van der Waals surface area (Å²) in [5.41, 5.74) is -0.324. The molecule has 0 radical (unpaired) electrons. The van der Waals surface area contributed by atoms with Gasteiger partial charge in [-0.3, -0.25) is 0 Å². The Morgan fingerprint density at radius 3 is 2.61 bits per heavy atom. The Balaban J connectivity index is 2.63. The van der Waals surface area contributed by atoms with Crippen molar-refractivity contribution in [3.8, 4) is 5.75 Å². The maximum absolute atomic E-state index is 11.8. The van der Waals surface area contributed by atoms with Crippen LogP contribution in [0.4, 0.5) is 13.2 Å². The Morgan fingerprint density at radius 1 is 1.39 bits per heavy atom. The third-order valence-corrected chi connectivity index (χ3v) is 2.07. The fourth-order valence-electron chi connectivity index (χ4n) is 1.09. The molecule has 100 valence electrons. The number of halogens is 4. The summed E-state index contributed by atoms with van der Waals surface area (Å²) in [6.07, 6.45) is -4.46. The standard InChI is InChI=1S/C10H8ClF3O4/c11-6-2-1-3-7(8(6)9(15)16)18-5-17-4-10(12,13)14/h1-3H,4-5H2,(H,15,16). The molecule has 1 rings (SSSR count). The van der Waals surface area contributed by atoms with Gasteiger partial charge in [0.1, 0.15) is 17.9 Å². The van der Waals surface area contributed by atoms with Gasteiger partial charge < -0.3 is 14.6 Å². The highest BCUT2D eigenvalue weighted by Crippen LogP contribution is 2.26. The summed E-state index contributed by atoms with van der Waals surface area (Å²) in [5.74, 6) is -1.50. The summed E-state index contributed by atoms with van der Waals surface area (Å²) >= 11 is 5.63. The highest BCUT2D eigenvalue weighted by Gasteiger charge is 2.27. The van der Waals surface area contributed by atoms with Gasteiger partial charge in [-0.2, -0.15) is 13.2 Å². The minimum absolute atomic E-state index is 0.0733. The van der Waals surface area contributed by atoms with Crippen LogP contribution in [0.2, 0.25) is 5.02 Å². The van der Waals surface area contributed by atoms with E-state index < -0.39 is 25.5 Å². The van der Waals surface area contributed by atoms with Crippen molar-refractivity contribution >= 4 is 17.6 Å². The summed E-state index contributed by atoms with van der Waals surface area (Å²) in [6, 6.07) is 4.01. The summed E-state index contributed by atoms with van der Waals surface area (Å²) < 4.78 is 44.3. The maximum Gasteiger partial charge on any atom is 0.411 e. The maximum atomic E-state index is 11.8. The lowest BCUT2D eigenvalue weighted by molar-refractivity contribution is -0.186. The number of carboxylic acids is 1. The van der Waals surface area contributed by atoms with Crippen LogP contribution in [-0.4, -0.2) is 30.7 Å². The van der Waals surface area contributed by atoms with E-state index in [9.17, 15) is 18.0 Å². The number of ether oxygens (including phenoxy) is 2. The van der Waals surface area contributed by atoms with E-state index in [-0.39, 0.29) is 16.3 Å². The largest absolute Gasteiger partial charge is 0.478 e. The Labute approximate surface area is 105 Å². The number of hydrogen-bond donors (Lipinski definition) is 1. The van der Waals surface area contributed by atoms with E-state index in [1.807, 2.05) is 0 Å². The molecule has 0 aromatic heterocycles. The van der Waals surface area contributed by atoms with Crippen LogP contribution in [0, 0.1) is 0 Å². The van der Waals surface area contributed by atoms with Gasteiger partial charge in [0, 0.05) is 0 Å². The molecule has 4 nitrogen and oxygen atoms in total. The molecule has 0 aliphatic carbocycles. The summed E-state index contributed by atoms with van der Waals surface area (Å²) in [5, 5.41) is 8.77. The SMILES string of the molecule is O=C(O)c1c(Cl)cccc1OCOCC(F)(F)F. The molecular formula is C10H8ClF3O4. The highest BCUT2D eigenvalue weighted by atomic mass is 35.5. The lowest BCUT2D eigenvalue weighted by Crippen LogP contribution is -2.19. The topological polar surface area (TPSA) is 55.8 Å². The first kappa shape index (κ1) is 14.6. The van der Waals surface area contributed by atoms with Crippen LogP contribution in [0.1, 0.15) is 10.4 Å². The number of benzene rings is 1. The molecule has 0 fully saturated rings. The molecule has 8 heteroatoms. The van der Waals surface area contributed by atoms with Crippen molar-refractivity contribution in [1.82, 2.24) is 0 Å². The zero-order valence-electron chi connectivity index (χ0n) is 8.83.